The summed E-state index contributed by atoms with van der Waals surface area (Å²) in [7, 11) is 1.76. The first-order valence-electron chi connectivity index (χ1n) is 9.21. The van der Waals surface area contributed by atoms with Crippen LogP contribution in [0.3, 0.4) is 0 Å². The fourth-order valence-electron chi connectivity index (χ4n) is 2.78. The predicted octanol–water partition coefficient (Wildman–Crippen LogP) is 0.915. The molecule has 0 spiro atoms. The molecule has 0 saturated carbocycles. The summed E-state index contributed by atoms with van der Waals surface area (Å²) in [5, 5.41) is 5.68. The zero-order chi connectivity index (χ0) is 18.8. The average Bonchev–Trinajstić information content (AvgIpc) is 2.62. The molecule has 0 aromatic heterocycles. The van der Waals surface area contributed by atoms with E-state index in [1.165, 1.54) is 5.56 Å². The second kappa shape index (κ2) is 10.9. The molecule has 0 bridgehead atoms. The van der Waals surface area contributed by atoms with E-state index in [-0.39, 0.29) is 24.9 Å². The smallest absolute Gasteiger partial charge is 0.238 e. The van der Waals surface area contributed by atoms with E-state index >= 15 is 0 Å². The lowest BCUT2D eigenvalue weighted by atomic mass is 10.2. The van der Waals surface area contributed by atoms with Crippen LogP contribution in [0.5, 0.6) is 0 Å². The van der Waals surface area contributed by atoms with Crippen LogP contribution in [0.1, 0.15) is 18.9 Å². The Morgan fingerprint density at radius 2 is 1.77 bits per heavy atom. The highest BCUT2D eigenvalue weighted by Gasteiger charge is 2.12. The van der Waals surface area contributed by atoms with Gasteiger partial charge in [0.2, 0.25) is 11.8 Å². The summed E-state index contributed by atoms with van der Waals surface area (Å²) in [5.41, 5.74) is 1.99. The molecule has 7 nitrogen and oxygen atoms in total. The third-order valence-corrected chi connectivity index (χ3v) is 4.15. The third kappa shape index (κ3) is 7.51. The van der Waals surface area contributed by atoms with E-state index < -0.39 is 0 Å². The summed E-state index contributed by atoms with van der Waals surface area (Å²) in [4.78, 5) is 27.8. The molecular formula is C19H30N4O3. The van der Waals surface area contributed by atoms with Gasteiger partial charge in [0, 0.05) is 31.9 Å². The van der Waals surface area contributed by atoms with Crippen molar-refractivity contribution in [2.24, 2.45) is 0 Å². The quantitative estimate of drug-likeness (QED) is 0.683. The molecule has 7 heteroatoms. The van der Waals surface area contributed by atoms with Crippen molar-refractivity contribution in [1.82, 2.24) is 15.1 Å². The van der Waals surface area contributed by atoms with Gasteiger partial charge in [-0.3, -0.25) is 19.4 Å². The average molecular weight is 362 g/mol. The molecule has 1 fully saturated rings. The van der Waals surface area contributed by atoms with Crippen LogP contribution in [0.2, 0.25) is 0 Å². The maximum atomic E-state index is 12.1. The number of anilines is 1. The van der Waals surface area contributed by atoms with Gasteiger partial charge >= 0.3 is 0 Å². The van der Waals surface area contributed by atoms with Gasteiger partial charge in [0.05, 0.1) is 26.3 Å². The first kappa shape index (κ1) is 20.4. The van der Waals surface area contributed by atoms with Crippen molar-refractivity contribution in [1.29, 1.82) is 0 Å². The fraction of sp³-hybridized carbons (Fsp3) is 0.579. The van der Waals surface area contributed by atoms with Crippen LogP contribution < -0.4 is 10.6 Å². The largest absolute Gasteiger partial charge is 0.379 e. The minimum atomic E-state index is -0.128. The molecular weight excluding hydrogens is 332 g/mol. The Morgan fingerprint density at radius 3 is 2.42 bits per heavy atom. The van der Waals surface area contributed by atoms with E-state index in [0.29, 0.717) is 6.54 Å². The van der Waals surface area contributed by atoms with Gasteiger partial charge in [-0.2, -0.15) is 0 Å². The van der Waals surface area contributed by atoms with Crippen molar-refractivity contribution < 1.29 is 14.3 Å². The summed E-state index contributed by atoms with van der Waals surface area (Å²) in [5.74, 6) is -0.189. The summed E-state index contributed by atoms with van der Waals surface area (Å²) >= 11 is 0. The Hall–Kier alpha value is -1.96. The maximum Gasteiger partial charge on any atom is 0.238 e. The van der Waals surface area contributed by atoms with E-state index in [2.05, 4.69) is 15.5 Å². The third-order valence-electron chi connectivity index (χ3n) is 4.15. The minimum Gasteiger partial charge on any atom is -0.379 e. The standard InChI is InChI=1S/C19H30N4O3/c1-3-8-20-18(24)14-22(2)15-19(25)21-17-6-4-16(5-7-17)13-23-9-11-26-12-10-23/h4-7H,3,8-15H2,1-2H3,(H,20,24)(H,21,25). The number of ether oxygens (including phenoxy) is 1. The molecule has 2 amide bonds. The van der Waals surface area contributed by atoms with E-state index in [1.54, 1.807) is 11.9 Å². The lowest BCUT2D eigenvalue weighted by molar-refractivity contribution is -0.122. The number of rotatable bonds is 9. The van der Waals surface area contributed by atoms with Gasteiger partial charge in [0.1, 0.15) is 0 Å². The van der Waals surface area contributed by atoms with E-state index in [1.807, 2.05) is 31.2 Å². The number of hydrogen-bond acceptors (Lipinski definition) is 5. The summed E-state index contributed by atoms with van der Waals surface area (Å²) in [6.45, 7) is 7.44. The first-order valence-corrected chi connectivity index (χ1v) is 9.21. The molecule has 26 heavy (non-hydrogen) atoms. The van der Waals surface area contributed by atoms with Gasteiger partial charge in [-0.15, -0.1) is 0 Å². The Morgan fingerprint density at radius 1 is 1.12 bits per heavy atom. The summed E-state index contributed by atoms with van der Waals surface area (Å²) in [6, 6.07) is 7.91. The molecule has 2 N–H and O–H groups in total. The van der Waals surface area contributed by atoms with Crippen LogP contribution in [0.25, 0.3) is 0 Å². The van der Waals surface area contributed by atoms with Crippen molar-refractivity contribution in [2.45, 2.75) is 19.9 Å². The Balaban J connectivity index is 1.73. The fourth-order valence-corrected chi connectivity index (χ4v) is 2.78. The van der Waals surface area contributed by atoms with E-state index in [4.69, 9.17) is 4.74 Å². The molecule has 0 atom stereocenters. The van der Waals surface area contributed by atoms with Crippen molar-refractivity contribution in [3.8, 4) is 0 Å². The molecule has 0 aliphatic carbocycles. The highest BCUT2D eigenvalue weighted by atomic mass is 16.5. The number of hydrogen-bond donors (Lipinski definition) is 2. The molecule has 144 valence electrons. The molecule has 0 radical (unpaired) electrons. The minimum absolute atomic E-state index is 0.0605. The molecule has 2 rings (SSSR count). The zero-order valence-electron chi connectivity index (χ0n) is 15.8. The number of benzene rings is 1. The van der Waals surface area contributed by atoms with Crippen LogP contribution in [-0.4, -0.2) is 74.6 Å². The molecule has 1 aliphatic heterocycles. The van der Waals surface area contributed by atoms with Gasteiger partial charge in [-0.05, 0) is 31.2 Å². The second-order valence-electron chi connectivity index (χ2n) is 6.66. The molecule has 1 aromatic rings. The van der Waals surface area contributed by atoms with Gasteiger partial charge in [-0.25, -0.2) is 0 Å². The van der Waals surface area contributed by atoms with Crippen LogP contribution in [0.4, 0.5) is 5.69 Å². The Bertz CT molecular complexity index is 571. The van der Waals surface area contributed by atoms with Crippen LogP contribution >= 0.6 is 0 Å². The number of amides is 2. The van der Waals surface area contributed by atoms with Gasteiger partial charge in [0.25, 0.3) is 0 Å². The first-order chi connectivity index (χ1) is 12.6. The van der Waals surface area contributed by atoms with Crippen LogP contribution in [0.15, 0.2) is 24.3 Å². The zero-order valence-corrected chi connectivity index (χ0v) is 15.8. The maximum absolute atomic E-state index is 12.1. The SMILES string of the molecule is CCCNC(=O)CN(C)CC(=O)Nc1ccc(CN2CCOCC2)cc1. The normalized spacial score (nSPS) is 15.0. The lowest BCUT2D eigenvalue weighted by Crippen LogP contribution is -2.39. The Kier molecular flexibility index (Phi) is 8.53. The topological polar surface area (TPSA) is 73.9 Å². The molecule has 1 heterocycles. The summed E-state index contributed by atoms with van der Waals surface area (Å²) in [6.07, 6.45) is 0.900. The van der Waals surface area contributed by atoms with Gasteiger partial charge in [-0.1, -0.05) is 19.1 Å². The van der Waals surface area contributed by atoms with Crippen LogP contribution in [-0.2, 0) is 20.9 Å². The van der Waals surface area contributed by atoms with Gasteiger partial charge < -0.3 is 15.4 Å². The van der Waals surface area contributed by atoms with Crippen LogP contribution in [0, 0.1) is 0 Å². The number of nitrogens with one attached hydrogen (secondary N) is 2. The van der Waals surface area contributed by atoms with Crippen molar-refractivity contribution in [3.63, 3.8) is 0 Å². The van der Waals surface area contributed by atoms with E-state index in [9.17, 15) is 9.59 Å². The number of carbonyl (C=O) groups is 2. The lowest BCUT2D eigenvalue weighted by Gasteiger charge is -2.26. The van der Waals surface area contributed by atoms with Crippen molar-refractivity contribution >= 4 is 17.5 Å². The van der Waals surface area contributed by atoms with Gasteiger partial charge in [0.15, 0.2) is 0 Å². The number of morpholine rings is 1. The van der Waals surface area contributed by atoms with Crippen molar-refractivity contribution in [3.05, 3.63) is 29.8 Å². The van der Waals surface area contributed by atoms with E-state index in [0.717, 1.165) is 45.0 Å². The highest BCUT2D eigenvalue weighted by Crippen LogP contribution is 2.12. The molecule has 1 saturated heterocycles. The monoisotopic (exact) mass is 362 g/mol. The summed E-state index contributed by atoms with van der Waals surface area (Å²) < 4.78 is 5.36. The number of carbonyl (C=O) groups excluding carboxylic acids is 2. The molecule has 0 unspecified atom stereocenters. The Labute approximate surface area is 155 Å². The number of likely N-dealkylation sites (N-methyl/N-ethyl adjacent to an activating group) is 1. The van der Waals surface area contributed by atoms with Crippen molar-refractivity contribution in [2.75, 3.05) is 58.3 Å². The number of nitrogens with zero attached hydrogens (tertiary/aromatic N) is 2. The predicted molar refractivity (Wildman–Crippen MR) is 102 cm³/mol. The molecule has 1 aromatic carbocycles. The highest BCUT2D eigenvalue weighted by molar-refractivity contribution is 5.92. The second-order valence-corrected chi connectivity index (χ2v) is 6.66. The molecule has 1 aliphatic rings.